The van der Waals surface area contributed by atoms with E-state index in [1.54, 1.807) is 13.0 Å². The van der Waals surface area contributed by atoms with Gasteiger partial charge in [0.2, 0.25) is 0 Å². The van der Waals surface area contributed by atoms with Crippen LogP contribution in [0.15, 0.2) is 41.6 Å². The summed E-state index contributed by atoms with van der Waals surface area (Å²) >= 11 is 6.81. The molecule has 1 aromatic rings. The summed E-state index contributed by atoms with van der Waals surface area (Å²) in [6.07, 6.45) is 0.931. The van der Waals surface area contributed by atoms with E-state index in [4.69, 9.17) is 11.6 Å². The predicted molar refractivity (Wildman–Crippen MR) is 86.8 cm³/mol. The van der Waals surface area contributed by atoms with Gasteiger partial charge in [0.25, 0.3) is 5.91 Å². The molecule has 0 aliphatic carbocycles. The molecule has 0 saturated carbocycles. The molecule has 1 unspecified atom stereocenters. The summed E-state index contributed by atoms with van der Waals surface area (Å²) in [6, 6.07) is 0. The van der Waals surface area contributed by atoms with Crippen LogP contribution in [-0.2, 0) is 11.3 Å². The van der Waals surface area contributed by atoms with Crippen LogP contribution in [0.1, 0.15) is 11.8 Å². The van der Waals surface area contributed by atoms with Crippen LogP contribution < -0.4 is 0 Å². The number of carbonyl (C=O) groups is 1. The molecule has 1 amide bonds. The van der Waals surface area contributed by atoms with E-state index in [0.717, 1.165) is 21.1 Å². The minimum atomic E-state index is -4.86. The van der Waals surface area contributed by atoms with Crippen molar-refractivity contribution in [1.82, 2.24) is 14.8 Å². The van der Waals surface area contributed by atoms with Crippen molar-refractivity contribution in [3.8, 4) is 0 Å². The van der Waals surface area contributed by atoms with Gasteiger partial charge < -0.3 is 10.0 Å². The maximum atomic E-state index is 13.7. The molecule has 1 saturated heterocycles. The molecule has 1 N–H and O–H groups in total. The number of carbonyl (C=O) groups excluding carboxylic acids is 1. The van der Waals surface area contributed by atoms with Crippen molar-refractivity contribution in [1.29, 1.82) is 0 Å². The van der Waals surface area contributed by atoms with Crippen molar-refractivity contribution in [2.75, 3.05) is 0 Å². The van der Waals surface area contributed by atoms with Gasteiger partial charge >= 0.3 is 12.3 Å². The highest BCUT2D eigenvalue weighted by atomic mass is 35.5. The molecule has 0 bridgehead atoms. The third-order valence-corrected chi connectivity index (χ3v) is 5.06. The first kappa shape index (κ1) is 18.7. The molecule has 3 heterocycles. The van der Waals surface area contributed by atoms with Crippen molar-refractivity contribution in [3.63, 3.8) is 0 Å². The van der Waals surface area contributed by atoms with Crippen LogP contribution in [0.5, 0.6) is 0 Å². The van der Waals surface area contributed by atoms with Gasteiger partial charge in [-0.05, 0) is 18.6 Å². The van der Waals surface area contributed by atoms with E-state index >= 15 is 0 Å². The Kier molecular flexibility index (Phi) is 4.74. The number of alkyl halides is 4. The summed E-state index contributed by atoms with van der Waals surface area (Å²) in [7, 11) is 0. The quantitative estimate of drug-likeness (QED) is 0.465. The number of nitrogens with zero attached hydrogens (tertiary/aromatic N) is 3. The van der Waals surface area contributed by atoms with Crippen LogP contribution in [0.3, 0.4) is 0 Å². The molecule has 2 aliphatic heterocycles. The number of aliphatic hydroxyl groups is 1. The van der Waals surface area contributed by atoms with Crippen LogP contribution in [0.2, 0.25) is 4.47 Å². The molecular weight excluding hydrogens is 398 g/mol. The summed E-state index contributed by atoms with van der Waals surface area (Å²) < 4.78 is 53.1. The minimum absolute atomic E-state index is 0.116. The van der Waals surface area contributed by atoms with E-state index in [1.807, 2.05) is 0 Å². The third-order valence-electron chi connectivity index (χ3n) is 3.96. The van der Waals surface area contributed by atoms with Gasteiger partial charge in [-0.2, -0.15) is 8.78 Å². The largest absolute Gasteiger partial charge is 0.505 e. The number of allylic oxidation sites excluding steroid dienone is 3. The summed E-state index contributed by atoms with van der Waals surface area (Å²) in [4.78, 5) is 19.2. The van der Waals surface area contributed by atoms with Gasteiger partial charge in [0.1, 0.15) is 6.17 Å². The van der Waals surface area contributed by atoms with Gasteiger partial charge in [-0.3, -0.25) is 9.69 Å². The number of fused-ring (bicyclic) bond motifs is 1. The first-order valence-corrected chi connectivity index (χ1v) is 8.48. The molecule has 0 aromatic carbocycles. The number of aromatic nitrogens is 1. The standard InChI is InChI=1S/C15H12ClF4N3O2S/c1-7-3-2-4-22-11(7)23(6-8-5-21-14(16)26-8)9(12(22)25)10(24)15(19,20)13(17)18/h2-5,11,13,24H,6H2,1H3. The number of rotatable bonds is 4. The van der Waals surface area contributed by atoms with Gasteiger partial charge in [0.05, 0.1) is 6.54 Å². The summed E-state index contributed by atoms with van der Waals surface area (Å²) in [6.45, 7) is 1.54. The van der Waals surface area contributed by atoms with E-state index in [1.165, 1.54) is 18.5 Å². The van der Waals surface area contributed by atoms with E-state index in [0.29, 0.717) is 10.5 Å². The van der Waals surface area contributed by atoms with Crippen LogP contribution in [0.4, 0.5) is 17.6 Å². The minimum Gasteiger partial charge on any atom is -0.505 e. The van der Waals surface area contributed by atoms with Crippen molar-refractivity contribution in [3.05, 3.63) is 50.9 Å². The Bertz CT molecular complexity index is 837. The molecule has 1 aromatic heterocycles. The monoisotopic (exact) mass is 409 g/mol. The maximum absolute atomic E-state index is 13.7. The van der Waals surface area contributed by atoms with Gasteiger partial charge in [-0.1, -0.05) is 17.7 Å². The highest BCUT2D eigenvalue weighted by molar-refractivity contribution is 7.15. The fourth-order valence-corrected chi connectivity index (χ4v) is 3.78. The zero-order valence-corrected chi connectivity index (χ0v) is 14.7. The van der Waals surface area contributed by atoms with Gasteiger partial charge in [0.15, 0.2) is 15.9 Å². The van der Waals surface area contributed by atoms with Gasteiger partial charge in [-0.25, -0.2) is 13.8 Å². The molecule has 11 heteroatoms. The Morgan fingerprint density at radius 2 is 2.19 bits per heavy atom. The smallest absolute Gasteiger partial charge is 0.365 e. The van der Waals surface area contributed by atoms with Crippen LogP contribution in [-0.4, -0.2) is 44.3 Å². The van der Waals surface area contributed by atoms with Gasteiger partial charge in [-0.15, -0.1) is 11.3 Å². The van der Waals surface area contributed by atoms with Crippen molar-refractivity contribution >= 4 is 28.8 Å². The topological polar surface area (TPSA) is 56.7 Å². The first-order valence-electron chi connectivity index (χ1n) is 7.28. The molecule has 140 valence electrons. The van der Waals surface area contributed by atoms with E-state index in [-0.39, 0.29) is 11.0 Å². The lowest BCUT2D eigenvalue weighted by Crippen LogP contribution is -2.39. The maximum Gasteiger partial charge on any atom is 0.365 e. The Labute approximate surface area is 154 Å². The van der Waals surface area contributed by atoms with E-state index in [9.17, 15) is 27.5 Å². The van der Waals surface area contributed by atoms with Gasteiger partial charge in [0, 0.05) is 17.3 Å². The zero-order chi connectivity index (χ0) is 19.2. The Balaban J connectivity index is 2.12. The summed E-state index contributed by atoms with van der Waals surface area (Å²) in [5.41, 5.74) is -0.260. The number of thiazole rings is 1. The zero-order valence-electron chi connectivity index (χ0n) is 13.2. The Hall–Kier alpha value is -2.07. The lowest BCUT2D eigenvalue weighted by Gasteiger charge is -2.31. The number of aliphatic hydroxyl groups excluding tert-OH is 1. The average Bonchev–Trinajstić information content (AvgIpc) is 3.09. The van der Waals surface area contributed by atoms with Crippen molar-refractivity contribution in [2.45, 2.75) is 32.0 Å². The van der Waals surface area contributed by atoms with Crippen molar-refractivity contribution in [2.24, 2.45) is 0 Å². The fraction of sp³-hybridized carbons (Fsp3) is 0.333. The SMILES string of the molecule is CC1=CC=CN2C(=O)C(=C(O)C(F)(F)C(F)F)N(Cc3cnc(Cl)s3)C12. The molecule has 3 rings (SSSR count). The summed E-state index contributed by atoms with van der Waals surface area (Å²) in [5, 5.41) is 9.88. The van der Waals surface area contributed by atoms with Crippen LogP contribution in [0, 0.1) is 0 Å². The summed E-state index contributed by atoms with van der Waals surface area (Å²) in [5.74, 6) is -7.80. The highest BCUT2D eigenvalue weighted by Gasteiger charge is 2.53. The molecule has 0 spiro atoms. The Morgan fingerprint density at radius 3 is 2.77 bits per heavy atom. The molecule has 1 fully saturated rings. The molecule has 5 nitrogen and oxygen atoms in total. The lowest BCUT2D eigenvalue weighted by atomic mass is 10.1. The van der Waals surface area contributed by atoms with Crippen LogP contribution >= 0.6 is 22.9 Å². The second kappa shape index (κ2) is 6.58. The predicted octanol–water partition coefficient (Wildman–Crippen LogP) is 3.91. The molecule has 2 aliphatic rings. The molecular formula is C15H12ClF4N3O2S. The van der Waals surface area contributed by atoms with E-state index in [2.05, 4.69) is 4.98 Å². The Morgan fingerprint density at radius 1 is 1.50 bits per heavy atom. The third kappa shape index (κ3) is 2.96. The van der Waals surface area contributed by atoms with E-state index < -0.39 is 35.9 Å². The van der Waals surface area contributed by atoms with Crippen LogP contribution in [0.25, 0.3) is 0 Å². The molecule has 26 heavy (non-hydrogen) atoms. The number of amides is 1. The average molecular weight is 410 g/mol. The molecule has 1 atom stereocenters. The number of halogens is 5. The fourth-order valence-electron chi connectivity index (χ4n) is 2.81. The normalized spacial score (nSPS) is 22.2. The number of hydrogen-bond donors (Lipinski definition) is 1. The molecule has 0 radical (unpaired) electrons. The van der Waals surface area contributed by atoms with Crippen molar-refractivity contribution < 1.29 is 27.5 Å². The second-order valence-corrected chi connectivity index (χ2v) is 7.36. The second-order valence-electron chi connectivity index (χ2n) is 5.67. The lowest BCUT2D eigenvalue weighted by molar-refractivity contribution is -0.129. The number of hydrogen-bond acceptors (Lipinski definition) is 5. The highest BCUT2D eigenvalue weighted by Crippen LogP contribution is 2.40. The first-order chi connectivity index (χ1) is 12.1.